The third-order valence-electron chi connectivity index (χ3n) is 5.99. The van der Waals surface area contributed by atoms with Crippen molar-refractivity contribution in [2.24, 2.45) is 16.7 Å². The number of ether oxygens (including phenoxy) is 1. The summed E-state index contributed by atoms with van der Waals surface area (Å²) < 4.78 is 6.51. The molecule has 1 unspecified atom stereocenters. The Morgan fingerprint density at radius 2 is 1.89 bits per heavy atom. The minimum atomic E-state index is 0.342. The summed E-state index contributed by atoms with van der Waals surface area (Å²) >= 11 is 0. The molecule has 3 aliphatic rings. The number of rotatable bonds is 1. The molecule has 1 heteroatoms. The first-order valence-corrected chi connectivity index (χ1v) is 7.32. The Bertz CT molecular complexity index is 464. The number of benzene rings is 1. The summed E-state index contributed by atoms with van der Waals surface area (Å²) in [5, 5.41) is 0. The monoisotopic (exact) mass is 242 g/mol. The van der Waals surface area contributed by atoms with Crippen LogP contribution in [-0.4, -0.2) is 6.10 Å². The molecule has 4 rings (SSSR count). The second-order valence-electron chi connectivity index (χ2n) is 7.24. The fourth-order valence-electron chi connectivity index (χ4n) is 5.09. The Labute approximate surface area is 110 Å². The van der Waals surface area contributed by atoms with E-state index in [1.807, 2.05) is 0 Å². The molecule has 96 valence electrons. The van der Waals surface area contributed by atoms with Crippen LogP contribution in [0.2, 0.25) is 0 Å². The molecule has 3 fully saturated rings. The molecule has 1 aromatic rings. The van der Waals surface area contributed by atoms with Crippen LogP contribution in [0, 0.1) is 16.7 Å². The van der Waals surface area contributed by atoms with Gasteiger partial charge in [0.25, 0.3) is 0 Å². The van der Waals surface area contributed by atoms with Gasteiger partial charge in [-0.15, -0.1) is 0 Å². The van der Waals surface area contributed by atoms with E-state index in [0.29, 0.717) is 23.0 Å². The summed E-state index contributed by atoms with van der Waals surface area (Å²) in [7, 11) is 0. The van der Waals surface area contributed by atoms with Crippen LogP contribution >= 0.6 is 0 Å². The highest BCUT2D eigenvalue weighted by Crippen LogP contribution is 2.70. The summed E-state index contributed by atoms with van der Waals surface area (Å²) in [5.41, 5.74) is 2.27. The van der Waals surface area contributed by atoms with Gasteiger partial charge in [0.15, 0.2) is 0 Å². The molecule has 0 amide bonds. The van der Waals surface area contributed by atoms with Crippen LogP contribution in [0.1, 0.15) is 51.2 Å². The molecule has 2 bridgehead atoms. The molecule has 18 heavy (non-hydrogen) atoms. The van der Waals surface area contributed by atoms with Crippen molar-refractivity contribution in [3.8, 4) is 0 Å². The van der Waals surface area contributed by atoms with Crippen molar-refractivity contribution >= 4 is 0 Å². The molecule has 0 radical (unpaired) electrons. The van der Waals surface area contributed by atoms with Crippen LogP contribution in [0.15, 0.2) is 30.3 Å². The normalized spacial score (nSPS) is 44.2. The highest BCUT2D eigenvalue weighted by molar-refractivity contribution is 5.23. The maximum Gasteiger partial charge on any atom is 0.0835 e. The molecular weight excluding hydrogens is 220 g/mol. The Balaban J connectivity index is 1.68. The van der Waals surface area contributed by atoms with Gasteiger partial charge in [0.2, 0.25) is 0 Å². The van der Waals surface area contributed by atoms with Gasteiger partial charge in [-0.25, -0.2) is 0 Å². The molecule has 4 atom stereocenters. The zero-order valence-corrected chi connectivity index (χ0v) is 11.4. The van der Waals surface area contributed by atoms with Crippen molar-refractivity contribution in [1.29, 1.82) is 0 Å². The lowest BCUT2D eigenvalue weighted by molar-refractivity contribution is -0.0597. The fraction of sp³-hybridized carbons (Fsp3) is 0.647. The largest absolute Gasteiger partial charge is 0.369 e. The molecule has 2 saturated carbocycles. The minimum absolute atomic E-state index is 0.342. The average Bonchev–Trinajstić information content (AvgIpc) is 3.01. The van der Waals surface area contributed by atoms with Gasteiger partial charge in [0, 0.05) is 5.41 Å². The third kappa shape index (κ3) is 1.26. The van der Waals surface area contributed by atoms with Crippen LogP contribution in [-0.2, 0) is 4.74 Å². The van der Waals surface area contributed by atoms with Gasteiger partial charge in [-0.05, 0) is 42.6 Å². The van der Waals surface area contributed by atoms with Gasteiger partial charge in [0.05, 0.1) is 12.2 Å². The summed E-state index contributed by atoms with van der Waals surface area (Å²) in [5.74, 6) is 0.902. The van der Waals surface area contributed by atoms with Crippen LogP contribution in [0.5, 0.6) is 0 Å². The lowest BCUT2D eigenvalue weighted by Gasteiger charge is -2.39. The Morgan fingerprint density at radius 1 is 1.11 bits per heavy atom. The van der Waals surface area contributed by atoms with Crippen LogP contribution in [0.25, 0.3) is 0 Å². The zero-order valence-electron chi connectivity index (χ0n) is 11.4. The fourth-order valence-corrected chi connectivity index (χ4v) is 5.09. The maximum atomic E-state index is 6.51. The van der Waals surface area contributed by atoms with Crippen molar-refractivity contribution in [2.75, 3.05) is 0 Å². The van der Waals surface area contributed by atoms with E-state index in [1.165, 1.54) is 31.2 Å². The average molecular weight is 242 g/mol. The predicted octanol–water partition coefficient (Wildman–Crippen LogP) is 4.34. The van der Waals surface area contributed by atoms with Crippen LogP contribution < -0.4 is 0 Å². The third-order valence-corrected chi connectivity index (χ3v) is 5.99. The van der Waals surface area contributed by atoms with Crippen molar-refractivity contribution in [2.45, 2.75) is 51.7 Å². The summed E-state index contributed by atoms with van der Waals surface area (Å²) in [6.45, 7) is 4.85. The molecular formula is C17H22O. The van der Waals surface area contributed by atoms with Crippen molar-refractivity contribution in [3.05, 3.63) is 35.9 Å². The van der Waals surface area contributed by atoms with Crippen LogP contribution in [0.4, 0.5) is 0 Å². The highest BCUT2D eigenvalue weighted by Gasteiger charge is 2.66. The minimum Gasteiger partial charge on any atom is -0.369 e. The van der Waals surface area contributed by atoms with E-state index < -0.39 is 0 Å². The molecule has 1 aliphatic heterocycles. The Morgan fingerprint density at radius 3 is 2.61 bits per heavy atom. The highest BCUT2D eigenvalue weighted by atomic mass is 16.5. The Kier molecular flexibility index (Phi) is 2.08. The predicted molar refractivity (Wildman–Crippen MR) is 72.2 cm³/mol. The Hall–Kier alpha value is -0.820. The van der Waals surface area contributed by atoms with Gasteiger partial charge < -0.3 is 4.74 Å². The van der Waals surface area contributed by atoms with Crippen molar-refractivity contribution in [1.82, 2.24) is 0 Å². The lowest BCUT2D eigenvalue weighted by atomic mass is 9.69. The molecule has 1 heterocycles. The molecule has 0 N–H and O–H groups in total. The molecule has 1 saturated heterocycles. The van der Waals surface area contributed by atoms with Gasteiger partial charge in [-0.2, -0.15) is 0 Å². The molecule has 1 aromatic carbocycles. The lowest BCUT2D eigenvalue weighted by Crippen LogP contribution is -2.39. The van der Waals surface area contributed by atoms with E-state index in [0.717, 1.165) is 5.92 Å². The summed E-state index contributed by atoms with van der Waals surface area (Å²) in [6, 6.07) is 10.8. The van der Waals surface area contributed by atoms with Gasteiger partial charge >= 0.3 is 0 Å². The topological polar surface area (TPSA) is 9.23 Å². The standard InChI is InChI=1S/C17H22O/c1-16(2)13-8-9-17(10-13)11-14(18-15(16)17)12-6-4-3-5-7-12/h3-7,13-15H,8-11H2,1-2H3/t13-,14?,15+,17+/m1/s1. The second-order valence-corrected chi connectivity index (χ2v) is 7.24. The first kappa shape index (κ1) is 11.0. The first-order chi connectivity index (χ1) is 8.62. The van der Waals surface area contributed by atoms with E-state index >= 15 is 0 Å². The second kappa shape index (κ2) is 3.39. The van der Waals surface area contributed by atoms with Gasteiger partial charge in [-0.1, -0.05) is 44.2 Å². The zero-order chi connectivity index (χ0) is 12.4. The summed E-state index contributed by atoms with van der Waals surface area (Å²) in [4.78, 5) is 0. The first-order valence-electron chi connectivity index (χ1n) is 7.32. The van der Waals surface area contributed by atoms with Crippen molar-refractivity contribution in [3.63, 3.8) is 0 Å². The molecule has 1 nitrogen and oxygen atoms in total. The van der Waals surface area contributed by atoms with Gasteiger partial charge in [-0.3, -0.25) is 0 Å². The molecule has 0 aromatic heterocycles. The maximum absolute atomic E-state index is 6.51. The van der Waals surface area contributed by atoms with E-state index in [1.54, 1.807) is 0 Å². The van der Waals surface area contributed by atoms with E-state index in [-0.39, 0.29) is 0 Å². The van der Waals surface area contributed by atoms with E-state index in [9.17, 15) is 0 Å². The summed E-state index contributed by atoms with van der Waals surface area (Å²) in [6.07, 6.45) is 6.32. The van der Waals surface area contributed by atoms with E-state index in [2.05, 4.69) is 44.2 Å². The SMILES string of the molecule is CC1(C)[C@@H]2CC[C@@]3(CC(c4ccccc4)O[C@@H]13)C2. The molecule has 2 aliphatic carbocycles. The number of hydrogen-bond donors (Lipinski definition) is 0. The smallest absolute Gasteiger partial charge is 0.0835 e. The van der Waals surface area contributed by atoms with Gasteiger partial charge in [0.1, 0.15) is 0 Å². The number of fused-ring (bicyclic) bond motifs is 1. The van der Waals surface area contributed by atoms with Crippen LogP contribution in [0.3, 0.4) is 0 Å². The number of hydrogen-bond acceptors (Lipinski definition) is 1. The quantitative estimate of drug-likeness (QED) is 0.711. The molecule has 1 spiro atoms. The van der Waals surface area contributed by atoms with E-state index in [4.69, 9.17) is 4.74 Å². The van der Waals surface area contributed by atoms with Crippen molar-refractivity contribution < 1.29 is 4.74 Å².